The van der Waals surface area contributed by atoms with Crippen LogP contribution in [0.5, 0.6) is 0 Å². The number of thioether (sulfide) groups is 1. The summed E-state index contributed by atoms with van der Waals surface area (Å²) in [5.74, 6) is 1.34. The van der Waals surface area contributed by atoms with Gasteiger partial charge in [-0.1, -0.05) is 18.7 Å². The maximum Gasteiger partial charge on any atom is 0.224 e. The molecule has 2 aliphatic heterocycles. The average molecular weight is 283 g/mol. The lowest BCUT2D eigenvalue weighted by Crippen LogP contribution is -2.39. The number of amides is 1. The van der Waals surface area contributed by atoms with Gasteiger partial charge in [-0.15, -0.1) is 0 Å². The quantitative estimate of drug-likeness (QED) is 0.860. The molecule has 0 radical (unpaired) electrons. The fraction of sp³-hybridized carbons (Fsp3) is 0.857. The highest BCUT2D eigenvalue weighted by Crippen LogP contribution is 2.25. The van der Waals surface area contributed by atoms with Crippen LogP contribution in [0.25, 0.3) is 0 Å². The molecular formula is C14H25N3OS. The van der Waals surface area contributed by atoms with Crippen molar-refractivity contribution in [3.05, 3.63) is 0 Å². The number of amidine groups is 1. The van der Waals surface area contributed by atoms with Gasteiger partial charge in [0, 0.05) is 30.8 Å². The number of hydrogen-bond donors (Lipinski definition) is 1. The zero-order valence-corrected chi connectivity index (χ0v) is 12.9. The van der Waals surface area contributed by atoms with Crippen LogP contribution in [0.4, 0.5) is 0 Å². The summed E-state index contributed by atoms with van der Waals surface area (Å²) >= 11 is 1.78. The van der Waals surface area contributed by atoms with Gasteiger partial charge in [0.2, 0.25) is 5.91 Å². The molecule has 108 valence electrons. The van der Waals surface area contributed by atoms with Gasteiger partial charge in [-0.25, -0.2) is 0 Å². The molecule has 5 heteroatoms. The van der Waals surface area contributed by atoms with Crippen LogP contribution in [0, 0.1) is 0 Å². The van der Waals surface area contributed by atoms with Crippen molar-refractivity contribution in [2.75, 3.05) is 25.4 Å². The van der Waals surface area contributed by atoms with Gasteiger partial charge in [0.1, 0.15) is 0 Å². The van der Waals surface area contributed by atoms with Crippen molar-refractivity contribution in [2.24, 2.45) is 4.99 Å². The molecule has 4 nitrogen and oxygen atoms in total. The van der Waals surface area contributed by atoms with E-state index >= 15 is 0 Å². The van der Waals surface area contributed by atoms with Gasteiger partial charge in [-0.05, 0) is 32.6 Å². The van der Waals surface area contributed by atoms with Crippen LogP contribution in [0.15, 0.2) is 4.99 Å². The highest BCUT2D eigenvalue weighted by atomic mass is 32.2. The van der Waals surface area contributed by atoms with Gasteiger partial charge < -0.3 is 10.2 Å². The van der Waals surface area contributed by atoms with Crippen LogP contribution in [-0.4, -0.2) is 46.9 Å². The van der Waals surface area contributed by atoms with E-state index in [1.54, 1.807) is 11.8 Å². The minimum atomic E-state index is 0.181. The molecule has 0 saturated carbocycles. The first-order chi connectivity index (χ1) is 9.13. The summed E-state index contributed by atoms with van der Waals surface area (Å²) in [6, 6.07) is 0. The van der Waals surface area contributed by atoms with E-state index in [-0.39, 0.29) is 11.4 Å². The zero-order valence-electron chi connectivity index (χ0n) is 12.1. The van der Waals surface area contributed by atoms with Crippen molar-refractivity contribution in [2.45, 2.75) is 51.5 Å². The Kier molecular flexibility index (Phi) is 5.13. The lowest BCUT2D eigenvalue weighted by Gasteiger charge is -2.26. The van der Waals surface area contributed by atoms with Crippen molar-refractivity contribution in [3.63, 3.8) is 0 Å². The number of nitrogens with zero attached hydrogens (tertiary/aromatic N) is 2. The standard InChI is InChI=1S/C14H25N3OS/c1-3-14(2)11-19-13(16-14)15-8-7-12(18)17-9-5-4-6-10-17/h3-11H2,1-2H3,(H,15,16). The third-order valence-electron chi connectivity index (χ3n) is 4.01. The number of piperidine rings is 1. The van der Waals surface area contributed by atoms with Crippen LogP contribution >= 0.6 is 11.8 Å². The Labute approximate surface area is 120 Å². The second-order valence-corrected chi connectivity index (χ2v) is 6.67. The average Bonchev–Trinajstić information content (AvgIpc) is 2.82. The molecule has 0 bridgehead atoms. The highest BCUT2D eigenvalue weighted by Gasteiger charge is 2.30. The van der Waals surface area contributed by atoms with E-state index in [9.17, 15) is 4.79 Å². The molecule has 0 aliphatic carbocycles. The van der Waals surface area contributed by atoms with Gasteiger partial charge >= 0.3 is 0 Å². The lowest BCUT2D eigenvalue weighted by molar-refractivity contribution is -0.131. The summed E-state index contributed by atoms with van der Waals surface area (Å²) in [6.07, 6.45) is 5.24. The Hall–Kier alpha value is -0.710. The maximum absolute atomic E-state index is 12.0. The molecule has 2 fully saturated rings. The number of carbonyl (C=O) groups excluding carboxylic acids is 1. The van der Waals surface area contributed by atoms with E-state index in [2.05, 4.69) is 24.2 Å². The smallest absolute Gasteiger partial charge is 0.224 e. The fourth-order valence-corrected chi connectivity index (χ4v) is 3.62. The van der Waals surface area contributed by atoms with Gasteiger partial charge in [0.25, 0.3) is 0 Å². The number of carbonyl (C=O) groups is 1. The van der Waals surface area contributed by atoms with Crippen molar-refractivity contribution in [1.29, 1.82) is 0 Å². The lowest BCUT2D eigenvalue weighted by atomic mass is 10.0. The van der Waals surface area contributed by atoms with Crippen molar-refractivity contribution < 1.29 is 4.79 Å². The number of likely N-dealkylation sites (tertiary alicyclic amines) is 1. The molecule has 1 unspecified atom stereocenters. The van der Waals surface area contributed by atoms with E-state index in [0.29, 0.717) is 13.0 Å². The Morgan fingerprint density at radius 3 is 2.79 bits per heavy atom. The zero-order chi connectivity index (χ0) is 13.7. The Bertz CT molecular complexity index is 353. The summed E-state index contributed by atoms with van der Waals surface area (Å²) in [6.45, 7) is 6.91. The highest BCUT2D eigenvalue weighted by molar-refractivity contribution is 8.14. The van der Waals surface area contributed by atoms with Crippen LogP contribution < -0.4 is 5.32 Å². The predicted octanol–water partition coefficient (Wildman–Crippen LogP) is 2.25. The van der Waals surface area contributed by atoms with Gasteiger partial charge in [-0.3, -0.25) is 9.79 Å². The summed E-state index contributed by atoms with van der Waals surface area (Å²) < 4.78 is 0. The Balaban J connectivity index is 1.72. The van der Waals surface area contributed by atoms with E-state index in [0.717, 1.165) is 43.3 Å². The molecule has 1 N–H and O–H groups in total. The van der Waals surface area contributed by atoms with E-state index < -0.39 is 0 Å². The molecule has 0 aromatic rings. The minimum Gasteiger partial charge on any atom is -0.359 e. The van der Waals surface area contributed by atoms with Gasteiger partial charge in [0.05, 0.1) is 6.54 Å². The molecule has 0 spiro atoms. The SMILES string of the molecule is CCC1(C)CSC(=NCCC(=O)N2CCCCC2)N1. The summed E-state index contributed by atoms with van der Waals surface area (Å²) in [5, 5.41) is 4.47. The molecule has 1 amide bonds. The van der Waals surface area contributed by atoms with Gasteiger partial charge in [-0.2, -0.15) is 0 Å². The molecule has 2 saturated heterocycles. The van der Waals surface area contributed by atoms with Crippen LogP contribution in [0.1, 0.15) is 46.0 Å². The van der Waals surface area contributed by atoms with Crippen molar-refractivity contribution >= 4 is 22.8 Å². The first-order valence-corrected chi connectivity index (χ1v) is 8.35. The van der Waals surface area contributed by atoms with Crippen LogP contribution in [-0.2, 0) is 4.79 Å². The molecular weight excluding hydrogens is 258 g/mol. The summed E-state index contributed by atoms with van der Waals surface area (Å²) in [7, 11) is 0. The normalized spacial score (nSPS) is 29.6. The van der Waals surface area contributed by atoms with E-state index in [1.165, 1.54) is 6.42 Å². The Morgan fingerprint density at radius 2 is 2.16 bits per heavy atom. The molecule has 0 aromatic heterocycles. The topological polar surface area (TPSA) is 44.7 Å². The third-order valence-corrected chi connectivity index (χ3v) is 5.29. The fourth-order valence-electron chi connectivity index (χ4n) is 2.39. The predicted molar refractivity (Wildman–Crippen MR) is 81.6 cm³/mol. The number of nitrogens with one attached hydrogen (secondary N) is 1. The molecule has 2 heterocycles. The summed E-state index contributed by atoms with van der Waals surface area (Å²) in [4.78, 5) is 18.5. The summed E-state index contributed by atoms with van der Waals surface area (Å²) in [5.41, 5.74) is 0.181. The molecule has 1 atom stereocenters. The van der Waals surface area contributed by atoms with Crippen molar-refractivity contribution in [3.8, 4) is 0 Å². The number of aliphatic imine (C=N–C) groups is 1. The molecule has 0 aromatic carbocycles. The molecule has 2 aliphatic rings. The number of hydrogen-bond acceptors (Lipinski definition) is 3. The van der Waals surface area contributed by atoms with Crippen LogP contribution in [0.3, 0.4) is 0 Å². The second-order valence-electron chi connectivity index (χ2n) is 5.71. The van der Waals surface area contributed by atoms with Crippen LogP contribution in [0.2, 0.25) is 0 Å². The largest absolute Gasteiger partial charge is 0.359 e. The first-order valence-electron chi connectivity index (χ1n) is 7.36. The van der Waals surface area contributed by atoms with Crippen molar-refractivity contribution in [1.82, 2.24) is 10.2 Å². The van der Waals surface area contributed by atoms with Gasteiger partial charge in [0.15, 0.2) is 5.17 Å². The second kappa shape index (κ2) is 6.64. The maximum atomic E-state index is 12.0. The molecule has 2 rings (SSSR count). The van der Waals surface area contributed by atoms with E-state index in [1.807, 2.05) is 4.90 Å². The third kappa shape index (κ3) is 4.13. The molecule has 19 heavy (non-hydrogen) atoms. The van der Waals surface area contributed by atoms with E-state index in [4.69, 9.17) is 0 Å². The minimum absolute atomic E-state index is 0.181. The number of rotatable bonds is 4. The monoisotopic (exact) mass is 283 g/mol. The first kappa shape index (κ1) is 14.7. The Morgan fingerprint density at radius 1 is 1.42 bits per heavy atom.